The second-order valence-electron chi connectivity index (χ2n) is 4.01. The standard InChI is InChI=1S/C13H11Br2ClN2O2/c1-20-5-4-18-12(10(15)7-17-18)13(19)9-6-8(14)2-3-11(9)16/h2-3,6-7H,4-5H2,1H3. The number of nitrogens with zero attached hydrogens (tertiary/aromatic N) is 2. The van der Waals surface area contributed by atoms with Gasteiger partial charge in [-0.2, -0.15) is 5.10 Å². The first-order valence-electron chi connectivity index (χ1n) is 5.74. The Bertz CT molecular complexity index is 643. The number of methoxy groups -OCH3 is 1. The van der Waals surface area contributed by atoms with Crippen LogP contribution in [0.25, 0.3) is 0 Å². The van der Waals surface area contributed by atoms with Crippen LogP contribution in [-0.4, -0.2) is 29.3 Å². The van der Waals surface area contributed by atoms with Gasteiger partial charge in [-0.1, -0.05) is 27.5 Å². The number of ether oxygens (including phenoxy) is 1. The smallest absolute Gasteiger partial charge is 0.213 e. The summed E-state index contributed by atoms with van der Waals surface area (Å²) in [6.45, 7) is 0.968. The van der Waals surface area contributed by atoms with Gasteiger partial charge in [0.15, 0.2) is 0 Å². The van der Waals surface area contributed by atoms with Gasteiger partial charge in [-0.15, -0.1) is 0 Å². The highest BCUT2D eigenvalue weighted by Gasteiger charge is 2.21. The van der Waals surface area contributed by atoms with Crippen LogP contribution < -0.4 is 0 Å². The van der Waals surface area contributed by atoms with Crippen LogP contribution >= 0.6 is 43.5 Å². The van der Waals surface area contributed by atoms with E-state index in [4.69, 9.17) is 16.3 Å². The van der Waals surface area contributed by atoms with Gasteiger partial charge in [0.05, 0.1) is 28.8 Å². The van der Waals surface area contributed by atoms with Gasteiger partial charge in [-0.3, -0.25) is 9.48 Å². The van der Waals surface area contributed by atoms with Gasteiger partial charge >= 0.3 is 0 Å². The minimum atomic E-state index is -0.184. The molecule has 1 aromatic heterocycles. The molecule has 7 heteroatoms. The molecule has 0 amide bonds. The summed E-state index contributed by atoms with van der Waals surface area (Å²) in [5.41, 5.74) is 0.892. The third kappa shape index (κ3) is 3.31. The molecule has 106 valence electrons. The predicted octanol–water partition coefficient (Wildman–Crippen LogP) is 3.94. The van der Waals surface area contributed by atoms with Gasteiger partial charge in [0.25, 0.3) is 0 Å². The second kappa shape index (κ2) is 6.85. The molecule has 0 aliphatic carbocycles. The van der Waals surface area contributed by atoms with Crippen LogP contribution in [0.2, 0.25) is 5.02 Å². The number of hydrogen-bond acceptors (Lipinski definition) is 3. The number of carbonyl (C=O) groups is 1. The van der Waals surface area contributed by atoms with Crippen molar-refractivity contribution in [2.24, 2.45) is 0 Å². The molecule has 0 aliphatic rings. The average Bonchev–Trinajstić information content (AvgIpc) is 2.79. The normalized spacial score (nSPS) is 10.8. The zero-order valence-corrected chi connectivity index (χ0v) is 14.5. The van der Waals surface area contributed by atoms with Crippen molar-refractivity contribution in [1.29, 1.82) is 0 Å². The summed E-state index contributed by atoms with van der Waals surface area (Å²) in [5.74, 6) is -0.184. The highest BCUT2D eigenvalue weighted by atomic mass is 79.9. The van der Waals surface area contributed by atoms with E-state index in [1.165, 1.54) is 0 Å². The first-order valence-corrected chi connectivity index (χ1v) is 7.71. The van der Waals surface area contributed by atoms with Crippen LogP contribution in [0.4, 0.5) is 0 Å². The SMILES string of the molecule is COCCn1ncc(Br)c1C(=O)c1cc(Br)ccc1Cl. The number of rotatable bonds is 5. The van der Waals surface area contributed by atoms with Gasteiger partial charge in [0.1, 0.15) is 5.69 Å². The minimum Gasteiger partial charge on any atom is -0.383 e. The van der Waals surface area contributed by atoms with E-state index >= 15 is 0 Å². The van der Waals surface area contributed by atoms with E-state index in [0.717, 1.165) is 4.47 Å². The topological polar surface area (TPSA) is 44.1 Å². The lowest BCUT2D eigenvalue weighted by atomic mass is 10.1. The van der Waals surface area contributed by atoms with Crippen LogP contribution in [0.15, 0.2) is 33.3 Å². The first kappa shape index (κ1) is 15.7. The van der Waals surface area contributed by atoms with Crippen molar-refractivity contribution in [2.75, 3.05) is 13.7 Å². The largest absolute Gasteiger partial charge is 0.383 e. The second-order valence-corrected chi connectivity index (χ2v) is 6.19. The van der Waals surface area contributed by atoms with Crippen LogP contribution in [-0.2, 0) is 11.3 Å². The van der Waals surface area contributed by atoms with E-state index in [9.17, 15) is 4.79 Å². The van der Waals surface area contributed by atoms with Crippen molar-refractivity contribution >= 4 is 49.2 Å². The Morgan fingerprint density at radius 1 is 1.45 bits per heavy atom. The number of halogens is 3. The van der Waals surface area contributed by atoms with E-state index in [1.54, 1.807) is 36.2 Å². The van der Waals surface area contributed by atoms with E-state index in [1.807, 2.05) is 0 Å². The minimum absolute atomic E-state index is 0.184. The van der Waals surface area contributed by atoms with Crippen molar-refractivity contribution in [1.82, 2.24) is 9.78 Å². The van der Waals surface area contributed by atoms with Crippen LogP contribution in [0.3, 0.4) is 0 Å². The summed E-state index contributed by atoms with van der Waals surface area (Å²) in [6, 6.07) is 5.17. The van der Waals surface area contributed by atoms with Crippen molar-refractivity contribution < 1.29 is 9.53 Å². The predicted molar refractivity (Wildman–Crippen MR) is 84.4 cm³/mol. The Balaban J connectivity index is 2.42. The number of aromatic nitrogens is 2. The Morgan fingerprint density at radius 2 is 2.20 bits per heavy atom. The summed E-state index contributed by atoms with van der Waals surface area (Å²) >= 11 is 12.8. The fraction of sp³-hybridized carbons (Fsp3) is 0.231. The van der Waals surface area contributed by atoms with Gasteiger partial charge in [-0.25, -0.2) is 0 Å². The van der Waals surface area contributed by atoms with Crippen molar-refractivity contribution in [2.45, 2.75) is 6.54 Å². The molecule has 1 aromatic carbocycles. The molecule has 0 atom stereocenters. The molecule has 1 heterocycles. The van der Waals surface area contributed by atoms with Gasteiger partial charge in [0.2, 0.25) is 5.78 Å². The number of benzene rings is 1. The molecule has 0 radical (unpaired) electrons. The fourth-order valence-corrected chi connectivity index (χ4v) is 2.78. The molecule has 0 bridgehead atoms. The molecular weight excluding hydrogens is 411 g/mol. The van der Waals surface area contributed by atoms with Gasteiger partial charge in [-0.05, 0) is 34.1 Å². The Morgan fingerprint density at radius 3 is 2.90 bits per heavy atom. The molecule has 20 heavy (non-hydrogen) atoms. The van der Waals surface area contributed by atoms with Gasteiger partial charge in [0, 0.05) is 17.1 Å². The fourth-order valence-electron chi connectivity index (χ4n) is 1.73. The third-order valence-corrected chi connectivity index (χ3v) is 4.09. The van der Waals surface area contributed by atoms with Crippen LogP contribution in [0.5, 0.6) is 0 Å². The molecule has 0 aliphatic heterocycles. The average molecular weight is 423 g/mol. The van der Waals surface area contributed by atoms with Crippen molar-refractivity contribution in [3.8, 4) is 0 Å². The molecule has 4 nitrogen and oxygen atoms in total. The first-order chi connectivity index (χ1) is 9.54. The summed E-state index contributed by atoms with van der Waals surface area (Å²) in [6.07, 6.45) is 1.59. The van der Waals surface area contributed by atoms with Crippen molar-refractivity contribution in [3.05, 3.63) is 49.6 Å². The summed E-state index contributed by atoms with van der Waals surface area (Å²) in [7, 11) is 1.60. The molecule has 0 saturated heterocycles. The molecule has 2 aromatic rings. The van der Waals surface area contributed by atoms with Gasteiger partial charge < -0.3 is 4.74 Å². The number of carbonyl (C=O) groups excluding carboxylic acids is 1. The van der Waals surface area contributed by atoms with E-state index in [0.29, 0.717) is 33.9 Å². The molecule has 0 spiro atoms. The number of hydrogen-bond donors (Lipinski definition) is 0. The zero-order chi connectivity index (χ0) is 14.7. The zero-order valence-electron chi connectivity index (χ0n) is 10.6. The van der Waals surface area contributed by atoms with Crippen LogP contribution in [0, 0.1) is 0 Å². The number of ketones is 1. The lowest BCUT2D eigenvalue weighted by Crippen LogP contribution is -2.15. The Hall–Kier alpha value is -0.690. The highest BCUT2D eigenvalue weighted by Crippen LogP contribution is 2.26. The van der Waals surface area contributed by atoms with E-state index < -0.39 is 0 Å². The Kier molecular flexibility index (Phi) is 5.37. The van der Waals surface area contributed by atoms with E-state index in [2.05, 4.69) is 37.0 Å². The highest BCUT2D eigenvalue weighted by molar-refractivity contribution is 9.10. The third-order valence-electron chi connectivity index (χ3n) is 2.69. The summed E-state index contributed by atoms with van der Waals surface area (Å²) < 4.78 is 8.05. The summed E-state index contributed by atoms with van der Waals surface area (Å²) in [5, 5.41) is 4.57. The molecule has 0 N–H and O–H groups in total. The maximum Gasteiger partial charge on any atom is 0.213 e. The molecule has 0 unspecified atom stereocenters. The monoisotopic (exact) mass is 420 g/mol. The Labute approximate surface area is 138 Å². The lowest BCUT2D eigenvalue weighted by molar-refractivity contribution is 0.102. The lowest BCUT2D eigenvalue weighted by Gasteiger charge is -2.08. The maximum absolute atomic E-state index is 12.6. The molecule has 0 saturated carbocycles. The maximum atomic E-state index is 12.6. The van der Waals surface area contributed by atoms with E-state index in [-0.39, 0.29) is 5.78 Å². The molecule has 2 rings (SSSR count). The molecule has 0 fully saturated rings. The molecular formula is C13H11Br2ClN2O2. The van der Waals surface area contributed by atoms with Crippen molar-refractivity contribution in [3.63, 3.8) is 0 Å². The quantitative estimate of drug-likeness (QED) is 0.686. The van der Waals surface area contributed by atoms with Crippen LogP contribution in [0.1, 0.15) is 16.1 Å². The summed E-state index contributed by atoms with van der Waals surface area (Å²) in [4.78, 5) is 12.6.